The first-order chi connectivity index (χ1) is 14.2. The molecule has 0 spiro atoms. The summed E-state index contributed by atoms with van der Waals surface area (Å²) in [5.74, 6) is 0.555. The Hall–Kier alpha value is -3.04. The molecule has 3 N–H and O–H groups in total. The number of fused-ring (bicyclic) bond motifs is 1. The Morgan fingerprint density at radius 1 is 1.13 bits per heavy atom. The fourth-order valence-electron chi connectivity index (χ4n) is 2.86. The standard InChI is InChI=1S/C18H16ClN6O4P/c1-10-11(2)25(9-23-10)18-16(29-30(26,27)28)6-13(7-20-18)24-17-14-4-3-12(19)5-15(14)21-8-22-17/h3-9H,1-2H3,(H,21,22,24)(H2,26,27,28). The molecular formula is C18H16ClN6O4P. The van der Waals surface area contributed by atoms with Gasteiger partial charge in [-0.15, -0.1) is 0 Å². The predicted octanol–water partition coefficient (Wildman–Crippen LogP) is 3.70. The number of aryl methyl sites for hydroxylation is 1. The number of imidazole rings is 1. The molecule has 12 heteroatoms. The molecule has 0 unspecified atom stereocenters. The van der Waals surface area contributed by atoms with Crippen LogP contribution in [0.5, 0.6) is 5.75 Å². The Morgan fingerprint density at radius 2 is 1.93 bits per heavy atom. The van der Waals surface area contributed by atoms with E-state index in [0.717, 1.165) is 11.4 Å². The molecule has 10 nitrogen and oxygen atoms in total. The van der Waals surface area contributed by atoms with Crippen LogP contribution in [0.3, 0.4) is 0 Å². The lowest BCUT2D eigenvalue weighted by Crippen LogP contribution is -2.05. The Bertz CT molecular complexity index is 1310. The summed E-state index contributed by atoms with van der Waals surface area (Å²) in [4.78, 5) is 35.6. The zero-order valence-corrected chi connectivity index (χ0v) is 17.5. The highest BCUT2D eigenvalue weighted by atomic mass is 35.5. The molecule has 0 bridgehead atoms. The Kier molecular flexibility index (Phi) is 5.17. The number of phosphoric acid groups is 1. The van der Waals surface area contributed by atoms with Gasteiger partial charge in [0.05, 0.1) is 23.1 Å². The van der Waals surface area contributed by atoms with E-state index in [1.165, 1.54) is 24.9 Å². The van der Waals surface area contributed by atoms with Crippen LogP contribution in [0.1, 0.15) is 11.4 Å². The molecule has 154 valence electrons. The van der Waals surface area contributed by atoms with Crippen molar-refractivity contribution in [1.29, 1.82) is 0 Å². The summed E-state index contributed by atoms with van der Waals surface area (Å²) in [5.41, 5.74) is 2.57. The molecule has 4 aromatic rings. The van der Waals surface area contributed by atoms with Crippen molar-refractivity contribution in [3.63, 3.8) is 0 Å². The van der Waals surface area contributed by atoms with Crippen molar-refractivity contribution < 1.29 is 18.9 Å². The summed E-state index contributed by atoms with van der Waals surface area (Å²) in [6.07, 6.45) is 4.39. The van der Waals surface area contributed by atoms with Crippen LogP contribution in [0, 0.1) is 13.8 Å². The van der Waals surface area contributed by atoms with Crippen LogP contribution < -0.4 is 9.84 Å². The van der Waals surface area contributed by atoms with Crippen LogP contribution in [0.4, 0.5) is 11.5 Å². The number of nitrogens with zero attached hydrogens (tertiary/aromatic N) is 5. The Labute approximate surface area is 175 Å². The quantitative estimate of drug-likeness (QED) is 0.392. The number of anilines is 2. The van der Waals surface area contributed by atoms with Gasteiger partial charge in [0.2, 0.25) is 0 Å². The van der Waals surface area contributed by atoms with Gasteiger partial charge in [0.15, 0.2) is 11.6 Å². The number of nitrogens with one attached hydrogen (secondary N) is 1. The SMILES string of the molecule is Cc1ncn(-c2ncc(Nc3ncnc4cc(Cl)ccc34)cc2OP(=O)(O)O)c1C. The predicted molar refractivity (Wildman–Crippen MR) is 111 cm³/mol. The maximum atomic E-state index is 11.5. The van der Waals surface area contributed by atoms with Crippen molar-refractivity contribution >= 4 is 41.8 Å². The number of rotatable bonds is 5. The maximum absolute atomic E-state index is 11.5. The van der Waals surface area contributed by atoms with E-state index < -0.39 is 7.82 Å². The fraction of sp³-hybridized carbons (Fsp3) is 0.111. The van der Waals surface area contributed by atoms with Gasteiger partial charge in [-0.1, -0.05) is 11.6 Å². The summed E-state index contributed by atoms with van der Waals surface area (Å²) in [7, 11) is -4.83. The minimum atomic E-state index is -4.83. The molecular weight excluding hydrogens is 431 g/mol. The van der Waals surface area contributed by atoms with Gasteiger partial charge in [0.25, 0.3) is 0 Å². The molecule has 0 saturated carbocycles. The first-order valence-corrected chi connectivity index (χ1v) is 10.6. The average Bonchev–Trinajstić information content (AvgIpc) is 2.99. The number of halogens is 1. The summed E-state index contributed by atoms with van der Waals surface area (Å²) in [6, 6.07) is 6.62. The summed E-state index contributed by atoms with van der Waals surface area (Å²) in [6.45, 7) is 3.63. The minimum absolute atomic E-state index is 0.116. The van der Waals surface area contributed by atoms with Crippen molar-refractivity contribution in [1.82, 2.24) is 24.5 Å². The maximum Gasteiger partial charge on any atom is 0.524 e. The summed E-state index contributed by atoms with van der Waals surface area (Å²) in [5, 5.41) is 4.33. The number of pyridine rings is 1. The second kappa shape index (κ2) is 7.66. The largest absolute Gasteiger partial charge is 0.524 e. The molecule has 0 atom stereocenters. The van der Waals surface area contributed by atoms with E-state index in [-0.39, 0.29) is 11.6 Å². The third kappa shape index (κ3) is 4.12. The van der Waals surface area contributed by atoms with Crippen LogP contribution in [0.2, 0.25) is 5.02 Å². The molecule has 3 aromatic heterocycles. The number of phosphoric ester groups is 1. The van der Waals surface area contributed by atoms with Gasteiger partial charge in [0.1, 0.15) is 18.5 Å². The molecule has 0 radical (unpaired) electrons. The molecule has 0 amide bonds. The lowest BCUT2D eigenvalue weighted by atomic mass is 10.2. The van der Waals surface area contributed by atoms with E-state index in [2.05, 4.69) is 25.3 Å². The molecule has 3 heterocycles. The molecule has 4 rings (SSSR count). The fourth-order valence-corrected chi connectivity index (χ4v) is 3.42. The van der Waals surface area contributed by atoms with Gasteiger partial charge in [0, 0.05) is 22.2 Å². The highest BCUT2D eigenvalue weighted by molar-refractivity contribution is 7.46. The highest BCUT2D eigenvalue weighted by Crippen LogP contribution is 2.41. The molecule has 30 heavy (non-hydrogen) atoms. The van der Waals surface area contributed by atoms with Crippen molar-refractivity contribution in [2.75, 3.05) is 5.32 Å². The normalized spacial score (nSPS) is 11.6. The zero-order chi connectivity index (χ0) is 21.5. The van der Waals surface area contributed by atoms with Gasteiger partial charge in [-0.05, 0) is 32.0 Å². The smallest absolute Gasteiger partial charge is 0.400 e. The van der Waals surface area contributed by atoms with E-state index in [1.807, 2.05) is 13.8 Å². The third-order valence-electron chi connectivity index (χ3n) is 4.39. The van der Waals surface area contributed by atoms with Crippen molar-refractivity contribution in [2.45, 2.75) is 13.8 Å². The van der Waals surface area contributed by atoms with Gasteiger partial charge in [-0.2, -0.15) is 0 Å². The Morgan fingerprint density at radius 3 is 2.63 bits per heavy atom. The molecule has 0 aliphatic carbocycles. The van der Waals surface area contributed by atoms with Crippen LogP contribution in [0.25, 0.3) is 16.7 Å². The minimum Gasteiger partial charge on any atom is -0.400 e. The molecule has 0 aliphatic heterocycles. The average molecular weight is 447 g/mol. The lowest BCUT2D eigenvalue weighted by molar-refractivity contribution is 0.282. The van der Waals surface area contributed by atoms with Crippen molar-refractivity contribution in [3.05, 3.63) is 59.5 Å². The highest BCUT2D eigenvalue weighted by Gasteiger charge is 2.22. The molecule has 0 saturated heterocycles. The third-order valence-corrected chi connectivity index (χ3v) is 5.06. The van der Waals surface area contributed by atoms with Crippen LogP contribution >= 0.6 is 19.4 Å². The lowest BCUT2D eigenvalue weighted by Gasteiger charge is -2.15. The van der Waals surface area contributed by atoms with Gasteiger partial charge >= 0.3 is 7.82 Å². The number of aromatic nitrogens is 5. The number of hydrogen-bond donors (Lipinski definition) is 3. The monoisotopic (exact) mass is 446 g/mol. The van der Waals surface area contributed by atoms with Gasteiger partial charge in [-0.3, -0.25) is 14.4 Å². The van der Waals surface area contributed by atoms with E-state index in [1.54, 1.807) is 22.8 Å². The van der Waals surface area contributed by atoms with E-state index in [0.29, 0.717) is 27.4 Å². The van der Waals surface area contributed by atoms with E-state index in [4.69, 9.17) is 16.1 Å². The van der Waals surface area contributed by atoms with Crippen LogP contribution in [0.15, 0.2) is 43.1 Å². The first kappa shape index (κ1) is 20.2. The van der Waals surface area contributed by atoms with Gasteiger partial charge in [-0.25, -0.2) is 24.5 Å². The first-order valence-electron chi connectivity index (χ1n) is 8.64. The van der Waals surface area contributed by atoms with Crippen LogP contribution in [-0.4, -0.2) is 34.3 Å². The Balaban J connectivity index is 1.78. The second-order valence-electron chi connectivity index (χ2n) is 6.42. The molecule has 0 fully saturated rings. The topological polar surface area (TPSA) is 135 Å². The second-order valence-corrected chi connectivity index (χ2v) is 8.02. The van der Waals surface area contributed by atoms with E-state index >= 15 is 0 Å². The number of benzene rings is 1. The molecule has 1 aromatic carbocycles. The van der Waals surface area contributed by atoms with E-state index in [9.17, 15) is 14.4 Å². The summed E-state index contributed by atoms with van der Waals surface area (Å²) < 4.78 is 18.0. The molecule has 0 aliphatic rings. The zero-order valence-electron chi connectivity index (χ0n) is 15.8. The number of hydrogen-bond acceptors (Lipinski definition) is 7. The summed E-state index contributed by atoms with van der Waals surface area (Å²) >= 11 is 6.01. The van der Waals surface area contributed by atoms with Crippen molar-refractivity contribution in [3.8, 4) is 11.6 Å². The van der Waals surface area contributed by atoms with Gasteiger partial charge < -0.3 is 9.84 Å². The van der Waals surface area contributed by atoms with Crippen LogP contribution in [-0.2, 0) is 4.57 Å². The van der Waals surface area contributed by atoms with Crippen molar-refractivity contribution in [2.24, 2.45) is 0 Å².